The number of ether oxygens (including phenoxy) is 1. The summed E-state index contributed by atoms with van der Waals surface area (Å²) in [4.78, 5) is 9.43. The third-order valence-electron chi connectivity index (χ3n) is 4.74. The first-order valence-corrected chi connectivity index (χ1v) is 9.48. The predicted molar refractivity (Wildman–Crippen MR) is 112 cm³/mol. The van der Waals surface area contributed by atoms with Gasteiger partial charge >= 0.3 is 0 Å². The summed E-state index contributed by atoms with van der Waals surface area (Å²) in [5.41, 5.74) is 3.78. The lowest BCUT2D eigenvalue weighted by Gasteiger charge is -2.09. The van der Waals surface area contributed by atoms with Crippen LogP contribution in [0.4, 0.5) is 0 Å². The van der Waals surface area contributed by atoms with Crippen molar-refractivity contribution >= 4 is 11.0 Å². The highest BCUT2D eigenvalue weighted by Crippen LogP contribution is 2.22. The van der Waals surface area contributed by atoms with Gasteiger partial charge in [-0.15, -0.1) is 0 Å². The molecule has 0 aliphatic carbocycles. The summed E-state index contributed by atoms with van der Waals surface area (Å²) in [5.74, 6) is 2.28. The first-order valence-electron chi connectivity index (χ1n) is 9.48. The molecule has 0 radical (unpaired) electrons. The fourth-order valence-corrected chi connectivity index (χ4v) is 3.33. The normalized spacial score (nSPS) is 11.0. The SMILES string of the molecule is c1ccc(OCc2nc3ccccc3n2Cc2coc(-c3ccccc3)n2)cc1. The lowest BCUT2D eigenvalue weighted by molar-refractivity contribution is 0.291. The first-order chi connectivity index (χ1) is 14.4. The van der Waals surface area contributed by atoms with Crippen LogP contribution in [0.3, 0.4) is 0 Å². The number of oxazole rings is 1. The average molecular weight is 381 g/mol. The number of imidazole rings is 1. The molecule has 0 aliphatic rings. The summed E-state index contributed by atoms with van der Waals surface area (Å²) >= 11 is 0. The van der Waals surface area contributed by atoms with Crippen molar-refractivity contribution in [1.82, 2.24) is 14.5 Å². The van der Waals surface area contributed by atoms with Crippen LogP contribution in [0, 0.1) is 0 Å². The Morgan fingerprint density at radius 1 is 0.793 bits per heavy atom. The Morgan fingerprint density at radius 3 is 2.34 bits per heavy atom. The van der Waals surface area contributed by atoms with E-state index in [0.717, 1.165) is 33.9 Å². The van der Waals surface area contributed by atoms with Gasteiger partial charge in [0.1, 0.15) is 24.4 Å². The van der Waals surface area contributed by atoms with Crippen LogP contribution >= 0.6 is 0 Å². The van der Waals surface area contributed by atoms with Gasteiger partial charge in [0, 0.05) is 5.56 Å². The van der Waals surface area contributed by atoms with Gasteiger partial charge in [-0.25, -0.2) is 9.97 Å². The Kier molecular flexibility index (Phi) is 4.54. The number of aromatic nitrogens is 3. The summed E-state index contributed by atoms with van der Waals surface area (Å²) in [6, 6.07) is 27.7. The van der Waals surface area contributed by atoms with E-state index in [9.17, 15) is 0 Å². The molecule has 0 saturated heterocycles. The molecule has 3 aromatic carbocycles. The zero-order chi connectivity index (χ0) is 19.5. The Bertz CT molecular complexity index is 1230. The maximum Gasteiger partial charge on any atom is 0.226 e. The van der Waals surface area contributed by atoms with Crippen LogP contribution in [0.1, 0.15) is 11.5 Å². The third kappa shape index (κ3) is 3.62. The van der Waals surface area contributed by atoms with Crippen molar-refractivity contribution in [1.29, 1.82) is 0 Å². The maximum absolute atomic E-state index is 5.95. The second kappa shape index (κ2) is 7.64. The van der Waals surface area contributed by atoms with Crippen molar-refractivity contribution in [2.24, 2.45) is 0 Å². The molecule has 2 heterocycles. The molecule has 5 heteroatoms. The Labute approximate surface area is 168 Å². The lowest BCUT2D eigenvalue weighted by Crippen LogP contribution is -2.08. The summed E-state index contributed by atoms with van der Waals surface area (Å²) in [5, 5.41) is 0. The summed E-state index contributed by atoms with van der Waals surface area (Å²) in [6.07, 6.45) is 1.71. The minimum absolute atomic E-state index is 0.377. The molecule has 5 nitrogen and oxygen atoms in total. The molecule has 0 bridgehead atoms. The Hall–Kier alpha value is -3.86. The van der Waals surface area contributed by atoms with E-state index >= 15 is 0 Å². The van der Waals surface area contributed by atoms with E-state index in [1.54, 1.807) is 6.26 Å². The number of hydrogen-bond donors (Lipinski definition) is 0. The van der Waals surface area contributed by atoms with Crippen LogP contribution in [-0.2, 0) is 13.2 Å². The highest BCUT2D eigenvalue weighted by molar-refractivity contribution is 5.76. The van der Waals surface area contributed by atoms with E-state index in [4.69, 9.17) is 14.1 Å². The van der Waals surface area contributed by atoms with E-state index in [1.807, 2.05) is 78.9 Å². The van der Waals surface area contributed by atoms with Crippen LogP contribution in [0.25, 0.3) is 22.5 Å². The van der Waals surface area contributed by atoms with Gasteiger partial charge in [0.25, 0.3) is 0 Å². The minimum atomic E-state index is 0.377. The Morgan fingerprint density at radius 2 is 1.52 bits per heavy atom. The zero-order valence-corrected chi connectivity index (χ0v) is 15.7. The smallest absolute Gasteiger partial charge is 0.226 e. The number of fused-ring (bicyclic) bond motifs is 1. The van der Waals surface area contributed by atoms with Crippen molar-refractivity contribution in [2.75, 3.05) is 0 Å². The molecule has 5 rings (SSSR count). The molecule has 0 saturated carbocycles. The molecular formula is C24H19N3O2. The van der Waals surface area contributed by atoms with Crippen molar-refractivity contribution in [3.05, 3.63) is 103 Å². The molecule has 142 valence electrons. The van der Waals surface area contributed by atoms with E-state index < -0.39 is 0 Å². The zero-order valence-electron chi connectivity index (χ0n) is 15.7. The summed E-state index contributed by atoms with van der Waals surface area (Å²) in [6.45, 7) is 0.937. The van der Waals surface area contributed by atoms with Crippen LogP contribution in [0.15, 0.2) is 95.6 Å². The molecule has 0 atom stereocenters. The highest BCUT2D eigenvalue weighted by atomic mass is 16.5. The molecular weight excluding hydrogens is 362 g/mol. The van der Waals surface area contributed by atoms with E-state index in [-0.39, 0.29) is 0 Å². The number of rotatable bonds is 6. The number of para-hydroxylation sites is 3. The van der Waals surface area contributed by atoms with Gasteiger partial charge in [-0.05, 0) is 36.4 Å². The third-order valence-corrected chi connectivity index (χ3v) is 4.74. The van der Waals surface area contributed by atoms with Gasteiger partial charge < -0.3 is 13.7 Å². The Balaban J connectivity index is 1.45. The van der Waals surface area contributed by atoms with Crippen LogP contribution in [0.5, 0.6) is 5.75 Å². The van der Waals surface area contributed by atoms with E-state index in [0.29, 0.717) is 19.0 Å². The van der Waals surface area contributed by atoms with Gasteiger partial charge in [-0.3, -0.25) is 0 Å². The van der Waals surface area contributed by atoms with Gasteiger partial charge in [-0.1, -0.05) is 48.5 Å². The van der Waals surface area contributed by atoms with Gasteiger partial charge in [-0.2, -0.15) is 0 Å². The molecule has 0 spiro atoms. The van der Waals surface area contributed by atoms with Crippen molar-refractivity contribution in [3.63, 3.8) is 0 Å². The van der Waals surface area contributed by atoms with Crippen LogP contribution in [-0.4, -0.2) is 14.5 Å². The number of nitrogens with zero attached hydrogens (tertiary/aromatic N) is 3. The average Bonchev–Trinajstić information content (AvgIpc) is 3.39. The molecule has 0 N–H and O–H groups in total. The number of benzene rings is 3. The quantitative estimate of drug-likeness (QED) is 0.399. The molecule has 2 aromatic heterocycles. The number of hydrogen-bond acceptors (Lipinski definition) is 4. The first kappa shape index (κ1) is 17.3. The molecule has 0 aliphatic heterocycles. The second-order valence-corrected chi connectivity index (χ2v) is 6.71. The topological polar surface area (TPSA) is 53.1 Å². The van der Waals surface area contributed by atoms with Crippen molar-refractivity contribution in [2.45, 2.75) is 13.2 Å². The van der Waals surface area contributed by atoms with E-state index in [1.165, 1.54) is 0 Å². The molecule has 0 fully saturated rings. The minimum Gasteiger partial charge on any atom is -0.486 e. The highest BCUT2D eigenvalue weighted by Gasteiger charge is 2.14. The second-order valence-electron chi connectivity index (χ2n) is 6.71. The molecule has 5 aromatic rings. The van der Waals surface area contributed by atoms with Gasteiger partial charge in [0.05, 0.1) is 23.3 Å². The molecule has 29 heavy (non-hydrogen) atoms. The molecule has 0 amide bonds. The summed E-state index contributed by atoms with van der Waals surface area (Å²) < 4.78 is 13.8. The largest absolute Gasteiger partial charge is 0.486 e. The van der Waals surface area contributed by atoms with Crippen LogP contribution in [0.2, 0.25) is 0 Å². The van der Waals surface area contributed by atoms with Crippen molar-refractivity contribution in [3.8, 4) is 17.2 Å². The summed E-state index contributed by atoms with van der Waals surface area (Å²) in [7, 11) is 0. The van der Waals surface area contributed by atoms with Crippen molar-refractivity contribution < 1.29 is 9.15 Å². The standard InChI is InChI=1S/C24H19N3O2/c1-3-9-18(10-4-1)24-25-19(16-29-24)15-27-22-14-8-7-13-21(22)26-23(27)17-28-20-11-5-2-6-12-20/h1-14,16H,15,17H2. The molecule has 0 unspecified atom stereocenters. The van der Waals surface area contributed by atoms with Gasteiger partial charge in [0.2, 0.25) is 5.89 Å². The van der Waals surface area contributed by atoms with Gasteiger partial charge in [0.15, 0.2) is 0 Å². The fraction of sp³-hybridized carbons (Fsp3) is 0.0833. The fourth-order valence-electron chi connectivity index (χ4n) is 3.33. The monoisotopic (exact) mass is 381 g/mol. The van der Waals surface area contributed by atoms with Crippen LogP contribution < -0.4 is 4.74 Å². The predicted octanol–water partition coefficient (Wildman–Crippen LogP) is 5.32. The lowest BCUT2D eigenvalue weighted by atomic mass is 10.2. The maximum atomic E-state index is 5.95. The van der Waals surface area contributed by atoms with E-state index in [2.05, 4.69) is 15.6 Å².